The van der Waals surface area contributed by atoms with Crippen molar-refractivity contribution in [1.29, 1.82) is 0 Å². The van der Waals surface area contributed by atoms with Gasteiger partial charge < -0.3 is 4.98 Å². The molecule has 3 rings (SSSR count). The van der Waals surface area contributed by atoms with E-state index in [4.69, 9.17) is 23.2 Å². The minimum Gasteiger partial charge on any atom is -0.309 e. The number of nitrogens with one attached hydrogen (secondary N) is 1. The van der Waals surface area contributed by atoms with Crippen molar-refractivity contribution in [2.75, 3.05) is 0 Å². The van der Waals surface area contributed by atoms with Crippen molar-refractivity contribution in [3.05, 3.63) is 50.3 Å². The monoisotopic (exact) mass is 324 g/mol. The Kier molecular flexibility index (Phi) is 3.54. The van der Waals surface area contributed by atoms with Crippen LogP contribution in [0.1, 0.15) is 11.4 Å². The zero-order valence-electron chi connectivity index (χ0n) is 10.5. The van der Waals surface area contributed by atoms with Gasteiger partial charge in [-0.2, -0.15) is 0 Å². The standard InChI is InChI=1S/C14H10Cl2N2OS/c1-7-4-8(2-3-10(7)16)9-6-20-14-12(9)13(19)17-11(5-15)18-14/h2-4,6H,5H2,1H3,(H,17,18,19). The number of hydrogen-bond acceptors (Lipinski definition) is 3. The molecule has 3 aromatic rings. The van der Waals surface area contributed by atoms with Crippen LogP contribution in [-0.4, -0.2) is 9.97 Å². The lowest BCUT2D eigenvalue weighted by atomic mass is 10.0. The maximum atomic E-state index is 12.2. The summed E-state index contributed by atoms with van der Waals surface area (Å²) in [4.78, 5) is 19.9. The highest BCUT2D eigenvalue weighted by molar-refractivity contribution is 7.17. The average Bonchev–Trinajstić information content (AvgIpc) is 2.86. The van der Waals surface area contributed by atoms with Crippen LogP contribution in [0, 0.1) is 6.92 Å². The van der Waals surface area contributed by atoms with Crippen molar-refractivity contribution in [2.45, 2.75) is 12.8 Å². The SMILES string of the molecule is Cc1cc(-c2csc3nc(CCl)[nH]c(=O)c23)ccc1Cl. The molecule has 20 heavy (non-hydrogen) atoms. The smallest absolute Gasteiger partial charge is 0.260 e. The molecule has 0 saturated heterocycles. The van der Waals surface area contributed by atoms with Crippen LogP contribution in [0.4, 0.5) is 0 Å². The zero-order chi connectivity index (χ0) is 14.3. The van der Waals surface area contributed by atoms with Gasteiger partial charge >= 0.3 is 0 Å². The molecule has 0 aliphatic rings. The van der Waals surface area contributed by atoms with Crippen molar-refractivity contribution in [3.63, 3.8) is 0 Å². The van der Waals surface area contributed by atoms with Crippen LogP contribution in [0.5, 0.6) is 0 Å². The lowest BCUT2D eigenvalue weighted by Crippen LogP contribution is -2.10. The fraction of sp³-hybridized carbons (Fsp3) is 0.143. The van der Waals surface area contributed by atoms with Gasteiger partial charge in [-0.05, 0) is 30.2 Å². The number of fused-ring (bicyclic) bond motifs is 1. The molecule has 0 bridgehead atoms. The van der Waals surface area contributed by atoms with E-state index in [1.54, 1.807) is 0 Å². The number of nitrogens with zero attached hydrogens (tertiary/aromatic N) is 1. The average molecular weight is 325 g/mol. The first-order chi connectivity index (χ1) is 9.60. The van der Waals surface area contributed by atoms with Gasteiger partial charge in [0, 0.05) is 16.0 Å². The summed E-state index contributed by atoms with van der Waals surface area (Å²) in [7, 11) is 0. The molecule has 1 aromatic carbocycles. The van der Waals surface area contributed by atoms with Gasteiger partial charge in [0.15, 0.2) is 0 Å². The number of hydrogen-bond donors (Lipinski definition) is 1. The van der Waals surface area contributed by atoms with Crippen molar-refractivity contribution in [3.8, 4) is 11.1 Å². The number of rotatable bonds is 2. The first-order valence-electron chi connectivity index (χ1n) is 5.93. The minimum absolute atomic E-state index is 0.158. The van der Waals surface area contributed by atoms with Crippen LogP contribution in [0.15, 0.2) is 28.4 Å². The van der Waals surface area contributed by atoms with E-state index in [9.17, 15) is 4.79 Å². The molecular weight excluding hydrogens is 315 g/mol. The first kappa shape index (κ1) is 13.6. The van der Waals surface area contributed by atoms with Crippen molar-refractivity contribution in [1.82, 2.24) is 9.97 Å². The second-order valence-electron chi connectivity index (χ2n) is 4.44. The molecule has 102 valence electrons. The van der Waals surface area contributed by atoms with Gasteiger partial charge in [-0.3, -0.25) is 4.79 Å². The van der Waals surface area contributed by atoms with Gasteiger partial charge in [-0.1, -0.05) is 17.7 Å². The summed E-state index contributed by atoms with van der Waals surface area (Å²) in [5.74, 6) is 0.684. The Morgan fingerprint density at radius 2 is 2.20 bits per heavy atom. The summed E-state index contributed by atoms with van der Waals surface area (Å²) in [6, 6.07) is 5.72. The number of aromatic nitrogens is 2. The Hall–Kier alpha value is -1.36. The third kappa shape index (κ3) is 2.24. The van der Waals surface area contributed by atoms with Gasteiger partial charge in [-0.15, -0.1) is 22.9 Å². The van der Waals surface area contributed by atoms with Gasteiger partial charge in [0.25, 0.3) is 5.56 Å². The number of H-pyrrole nitrogens is 1. The Bertz CT molecular complexity index is 854. The van der Waals surface area contributed by atoms with Crippen molar-refractivity contribution < 1.29 is 0 Å². The number of aromatic amines is 1. The lowest BCUT2D eigenvalue weighted by Gasteiger charge is -2.03. The van der Waals surface area contributed by atoms with E-state index in [0.717, 1.165) is 16.7 Å². The van der Waals surface area contributed by atoms with Crippen LogP contribution in [-0.2, 0) is 5.88 Å². The fourth-order valence-electron chi connectivity index (χ4n) is 2.08. The fourth-order valence-corrected chi connectivity index (χ4v) is 3.29. The van der Waals surface area contributed by atoms with E-state index in [-0.39, 0.29) is 11.4 Å². The summed E-state index contributed by atoms with van der Waals surface area (Å²) >= 11 is 13.2. The summed E-state index contributed by atoms with van der Waals surface area (Å²) in [6.07, 6.45) is 0. The third-order valence-electron chi connectivity index (χ3n) is 3.09. The van der Waals surface area contributed by atoms with Crippen LogP contribution >= 0.6 is 34.5 Å². The van der Waals surface area contributed by atoms with Gasteiger partial charge in [-0.25, -0.2) is 4.98 Å². The molecule has 0 fully saturated rings. The molecular formula is C14H10Cl2N2OS. The second kappa shape index (κ2) is 5.20. The van der Waals surface area contributed by atoms with Crippen molar-refractivity contribution >= 4 is 44.8 Å². The number of thiophene rings is 1. The van der Waals surface area contributed by atoms with Gasteiger partial charge in [0.2, 0.25) is 0 Å². The molecule has 0 saturated carbocycles. The van der Waals surface area contributed by atoms with E-state index in [1.165, 1.54) is 11.3 Å². The quantitative estimate of drug-likeness (QED) is 0.712. The van der Waals surface area contributed by atoms with E-state index >= 15 is 0 Å². The molecule has 0 unspecified atom stereocenters. The van der Waals surface area contributed by atoms with E-state index < -0.39 is 0 Å². The molecule has 3 nitrogen and oxygen atoms in total. The molecule has 0 amide bonds. The van der Waals surface area contributed by atoms with Gasteiger partial charge in [0.1, 0.15) is 10.7 Å². The van der Waals surface area contributed by atoms with E-state index in [1.807, 2.05) is 30.5 Å². The predicted octanol–water partition coefficient (Wildman–Crippen LogP) is 4.35. The number of benzene rings is 1. The normalized spacial score (nSPS) is 11.2. The maximum absolute atomic E-state index is 12.2. The summed E-state index contributed by atoms with van der Waals surface area (Å²) in [5, 5.41) is 3.25. The summed E-state index contributed by atoms with van der Waals surface area (Å²) in [5.41, 5.74) is 2.66. The van der Waals surface area contributed by atoms with Crippen LogP contribution < -0.4 is 5.56 Å². The minimum atomic E-state index is -0.158. The molecule has 2 aromatic heterocycles. The molecule has 0 aliphatic carbocycles. The molecule has 6 heteroatoms. The molecule has 2 heterocycles. The van der Waals surface area contributed by atoms with Gasteiger partial charge in [0.05, 0.1) is 11.3 Å². The summed E-state index contributed by atoms with van der Waals surface area (Å²) < 4.78 is 0. The van der Waals surface area contributed by atoms with Crippen LogP contribution in [0.3, 0.4) is 0 Å². The largest absolute Gasteiger partial charge is 0.309 e. The molecule has 0 spiro atoms. The molecule has 1 N–H and O–H groups in total. The molecule has 0 aliphatic heterocycles. The highest BCUT2D eigenvalue weighted by Crippen LogP contribution is 2.32. The number of aryl methyl sites for hydroxylation is 1. The zero-order valence-corrected chi connectivity index (χ0v) is 12.9. The van der Waals surface area contributed by atoms with Crippen LogP contribution in [0.2, 0.25) is 5.02 Å². The molecule has 0 atom stereocenters. The summed E-state index contributed by atoms with van der Waals surface area (Å²) in [6.45, 7) is 1.94. The highest BCUT2D eigenvalue weighted by atomic mass is 35.5. The highest BCUT2D eigenvalue weighted by Gasteiger charge is 2.13. The Morgan fingerprint density at radius 1 is 1.40 bits per heavy atom. The Labute approximate surface area is 129 Å². The Morgan fingerprint density at radius 3 is 2.90 bits per heavy atom. The van der Waals surface area contributed by atoms with E-state index in [2.05, 4.69) is 9.97 Å². The molecule has 0 radical (unpaired) electrons. The number of alkyl halides is 1. The predicted molar refractivity (Wildman–Crippen MR) is 85.0 cm³/mol. The lowest BCUT2D eigenvalue weighted by molar-refractivity contribution is 1.04. The topological polar surface area (TPSA) is 45.8 Å². The third-order valence-corrected chi connectivity index (χ3v) is 4.64. The van der Waals surface area contributed by atoms with E-state index in [0.29, 0.717) is 21.1 Å². The first-order valence-corrected chi connectivity index (χ1v) is 7.72. The maximum Gasteiger partial charge on any atom is 0.260 e. The van der Waals surface area contributed by atoms with Crippen LogP contribution in [0.25, 0.3) is 21.3 Å². The Balaban J connectivity index is 2.27. The van der Waals surface area contributed by atoms with Crippen molar-refractivity contribution in [2.24, 2.45) is 0 Å². The second-order valence-corrected chi connectivity index (χ2v) is 5.97. The number of halogens is 2.